The number of carbonyl (C=O) groups excluding carboxylic acids is 1. The minimum absolute atomic E-state index is 0.142. The molecule has 0 spiro atoms. The fourth-order valence-corrected chi connectivity index (χ4v) is 4.82. The number of nitrogens with zero attached hydrogens (tertiary/aromatic N) is 1. The topological polar surface area (TPSA) is 76.1 Å². The first-order valence-corrected chi connectivity index (χ1v) is 11.8. The van der Waals surface area contributed by atoms with E-state index in [9.17, 15) is 17.6 Å². The molecule has 9 heteroatoms. The van der Waals surface area contributed by atoms with Crippen LogP contribution in [0.5, 0.6) is 0 Å². The van der Waals surface area contributed by atoms with Crippen molar-refractivity contribution in [2.75, 3.05) is 17.3 Å². The molecule has 1 amide bonds. The molecule has 5 nitrogen and oxygen atoms in total. The fourth-order valence-electron chi connectivity index (χ4n) is 2.32. The van der Waals surface area contributed by atoms with E-state index in [1.54, 1.807) is 36.0 Å². The highest BCUT2D eigenvalue weighted by atomic mass is 32.2. The van der Waals surface area contributed by atoms with Crippen LogP contribution in [0.4, 0.5) is 9.52 Å². The molecule has 0 aliphatic carbocycles. The minimum atomic E-state index is -3.28. The largest absolute Gasteiger partial charge is 0.302 e. The minimum Gasteiger partial charge on any atom is -0.302 e. The Morgan fingerprint density at radius 2 is 1.96 bits per heavy atom. The zero-order valence-corrected chi connectivity index (χ0v) is 16.9. The Kier molecular flexibility index (Phi) is 6.13. The maximum atomic E-state index is 12.8. The number of carbonyl (C=O) groups is 1. The molecule has 0 atom stereocenters. The number of anilines is 1. The Bertz CT molecular complexity index is 1060. The standard InChI is InChI=1S/C18H17FN2O3S3/c1-27(23,24)14-8-9-15-16(11-14)26-18(20-15)21-17(22)3-2-10-25-13-6-4-12(19)5-7-13/h4-9,11H,2-3,10H2,1H3,(H,20,21,22). The van der Waals surface area contributed by atoms with Crippen LogP contribution in [-0.4, -0.2) is 31.3 Å². The van der Waals surface area contributed by atoms with Crippen molar-refractivity contribution < 1.29 is 17.6 Å². The van der Waals surface area contributed by atoms with Gasteiger partial charge >= 0.3 is 0 Å². The number of nitrogens with one attached hydrogen (secondary N) is 1. The van der Waals surface area contributed by atoms with E-state index in [-0.39, 0.29) is 16.6 Å². The molecule has 27 heavy (non-hydrogen) atoms. The molecule has 0 saturated carbocycles. The van der Waals surface area contributed by atoms with Gasteiger partial charge < -0.3 is 5.32 Å². The summed E-state index contributed by atoms with van der Waals surface area (Å²) in [6, 6.07) is 11.0. The molecule has 3 aromatic rings. The Morgan fingerprint density at radius 1 is 1.22 bits per heavy atom. The van der Waals surface area contributed by atoms with E-state index in [1.165, 1.54) is 29.5 Å². The average molecular weight is 425 g/mol. The zero-order valence-electron chi connectivity index (χ0n) is 14.4. The highest BCUT2D eigenvalue weighted by Gasteiger charge is 2.12. The SMILES string of the molecule is CS(=O)(=O)c1ccc2nc(NC(=O)CCCSc3ccc(F)cc3)sc2c1. The third-order valence-electron chi connectivity index (χ3n) is 3.66. The molecule has 0 unspecified atom stereocenters. The molecule has 1 N–H and O–H groups in total. The van der Waals surface area contributed by atoms with Crippen molar-refractivity contribution in [2.24, 2.45) is 0 Å². The number of benzene rings is 2. The number of halogens is 1. The second kappa shape index (κ2) is 8.37. The summed E-state index contributed by atoms with van der Waals surface area (Å²) in [4.78, 5) is 17.6. The van der Waals surface area contributed by atoms with Gasteiger partial charge in [-0.1, -0.05) is 11.3 Å². The molecule has 3 rings (SSSR count). The lowest BCUT2D eigenvalue weighted by Crippen LogP contribution is -2.11. The van der Waals surface area contributed by atoms with Gasteiger partial charge in [0, 0.05) is 17.6 Å². The lowest BCUT2D eigenvalue weighted by molar-refractivity contribution is -0.116. The summed E-state index contributed by atoms with van der Waals surface area (Å²) in [7, 11) is -3.28. The van der Waals surface area contributed by atoms with Crippen molar-refractivity contribution in [2.45, 2.75) is 22.6 Å². The van der Waals surface area contributed by atoms with Crippen LogP contribution >= 0.6 is 23.1 Å². The van der Waals surface area contributed by atoms with Crippen LogP contribution in [0.1, 0.15) is 12.8 Å². The van der Waals surface area contributed by atoms with Crippen molar-refractivity contribution in [3.05, 3.63) is 48.3 Å². The summed E-state index contributed by atoms with van der Waals surface area (Å²) in [5, 5.41) is 3.21. The second-order valence-corrected chi connectivity index (χ2v) is 10.1. The van der Waals surface area contributed by atoms with Gasteiger partial charge in [0.2, 0.25) is 5.91 Å². The van der Waals surface area contributed by atoms with Crippen LogP contribution in [0.3, 0.4) is 0 Å². The first-order chi connectivity index (χ1) is 12.8. The first kappa shape index (κ1) is 19.8. The van der Waals surface area contributed by atoms with Crippen molar-refractivity contribution in [1.82, 2.24) is 4.98 Å². The van der Waals surface area contributed by atoms with E-state index in [0.29, 0.717) is 28.2 Å². The van der Waals surface area contributed by atoms with Crippen LogP contribution in [0, 0.1) is 5.82 Å². The number of aromatic nitrogens is 1. The lowest BCUT2D eigenvalue weighted by Gasteiger charge is -2.02. The molecule has 0 bridgehead atoms. The van der Waals surface area contributed by atoms with Gasteiger partial charge in [0.05, 0.1) is 15.1 Å². The van der Waals surface area contributed by atoms with Gasteiger partial charge in [-0.3, -0.25) is 4.79 Å². The average Bonchev–Trinajstić information content (AvgIpc) is 3.00. The summed E-state index contributed by atoms with van der Waals surface area (Å²) >= 11 is 2.81. The number of hydrogen-bond donors (Lipinski definition) is 1. The maximum Gasteiger partial charge on any atom is 0.226 e. The number of thiazole rings is 1. The van der Waals surface area contributed by atoms with Crippen molar-refractivity contribution in [1.29, 1.82) is 0 Å². The molecule has 2 aromatic carbocycles. The predicted molar refractivity (Wildman–Crippen MR) is 108 cm³/mol. The molecule has 0 fully saturated rings. The number of rotatable bonds is 7. The van der Waals surface area contributed by atoms with Gasteiger partial charge in [0.15, 0.2) is 15.0 Å². The first-order valence-electron chi connectivity index (χ1n) is 8.10. The number of fused-ring (bicyclic) bond motifs is 1. The summed E-state index contributed by atoms with van der Waals surface area (Å²) in [6.07, 6.45) is 2.18. The third-order valence-corrected chi connectivity index (χ3v) is 6.81. The van der Waals surface area contributed by atoms with Gasteiger partial charge in [0.25, 0.3) is 0 Å². The maximum absolute atomic E-state index is 12.8. The van der Waals surface area contributed by atoms with Crippen molar-refractivity contribution >= 4 is 54.2 Å². The Balaban J connectivity index is 1.52. The Hall–Kier alpha value is -1.97. The summed E-state index contributed by atoms with van der Waals surface area (Å²) in [5.74, 6) is 0.340. The third kappa shape index (κ3) is 5.50. The van der Waals surface area contributed by atoms with E-state index in [1.807, 2.05) is 0 Å². The Morgan fingerprint density at radius 3 is 2.67 bits per heavy atom. The van der Waals surface area contributed by atoms with E-state index in [2.05, 4.69) is 10.3 Å². The molecule has 0 aliphatic heterocycles. The molecule has 1 heterocycles. The van der Waals surface area contributed by atoms with E-state index >= 15 is 0 Å². The molecule has 0 saturated heterocycles. The van der Waals surface area contributed by atoms with Crippen LogP contribution in [-0.2, 0) is 14.6 Å². The van der Waals surface area contributed by atoms with Crippen molar-refractivity contribution in [3.63, 3.8) is 0 Å². The number of amides is 1. The van der Waals surface area contributed by atoms with E-state index in [0.717, 1.165) is 16.9 Å². The number of sulfone groups is 1. The zero-order chi connectivity index (χ0) is 19.4. The molecule has 0 radical (unpaired) electrons. The van der Waals surface area contributed by atoms with Crippen LogP contribution in [0.2, 0.25) is 0 Å². The highest BCUT2D eigenvalue weighted by molar-refractivity contribution is 7.99. The molecule has 1 aromatic heterocycles. The van der Waals surface area contributed by atoms with Gasteiger partial charge in [-0.2, -0.15) is 0 Å². The number of hydrogen-bond acceptors (Lipinski definition) is 6. The van der Waals surface area contributed by atoms with Gasteiger partial charge in [-0.25, -0.2) is 17.8 Å². The summed E-state index contributed by atoms with van der Waals surface area (Å²) < 4.78 is 36.8. The van der Waals surface area contributed by atoms with Crippen LogP contribution in [0.15, 0.2) is 52.3 Å². The molecule has 142 valence electrons. The second-order valence-electron chi connectivity index (χ2n) is 5.87. The smallest absolute Gasteiger partial charge is 0.226 e. The normalized spacial score (nSPS) is 11.6. The van der Waals surface area contributed by atoms with Gasteiger partial charge in [-0.15, -0.1) is 11.8 Å². The highest BCUT2D eigenvalue weighted by Crippen LogP contribution is 2.28. The molecule has 0 aliphatic rings. The summed E-state index contributed by atoms with van der Waals surface area (Å²) in [5.41, 5.74) is 0.648. The fraction of sp³-hybridized carbons (Fsp3) is 0.222. The quantitative estimate of drug-likeness (QED) is 0.451. The van der Waals surface area contributed by atoms with Crippen molar-refractivity contribution in [3.8, 4) is 0 Å². The van der Waals surface area contributed by atoms with Crippen LogP contribution < -0.4 is 5.32 Å². The molecular formula is C18H17FN2O3S3. The monoisotopic (exact) mass is 424 g/mol. The van der Waals surface area contributed by atoms with E-state index in [4.69, 9.17) is 0 Å². The number of thioether (sulfide) groups is 1. The Labute approximate surface area is 164 Å². The van der Waals surface area contributed by atoms with Gasteiger partial charge in [-0.05, 0) is 54.6 Å². The molecular weight excluding hydrogens is 407 g/mol. The van der Waals surface area contributed by atoms with Gasteiger partial charge in [0.1, 0.15) is 5.82 Å². The van der Waals surface area contributed by atoms with Crippen LogP contribution in [0.25, 0.3) is 10.2 Å². The predicted octanol–water partition coefficient (Wildman–Crippen LogP) is 4.35. The lowest BCUT2D eigenvalue weighted by atomic mass is 10.3. The van der Waals surface area contributed by atoms with E-state index < -0.39 is 9.84 Å². The summed E-state index contributed by atoms with van der Waals surface area (Å²) in [6.45, 7) is 0.